The third-order valence-corrected chi connectivity index (χ3v) is 4.08. The van der Waals surface area contributed by atoms with E-state index in [0.717, 1.165) is 17.0 Å². The molecule has 2 N–H and O–H groups in total. The summed E-state index contributed by atoms with van der Waals surface area (Å²) in [6.45, 7) is 3.42. The number of aromatic amines is 1. The highest BCUT2D eigenvalue weighted by Gasteiger charge is 2.19. The number of rotatable bonds is 2. The predicted octanol–water partition coefficient (Wildman–Crippen LogP) is 1.82. The second-order valence-corrected chi connectivity index (χ2v) is 5.79. The monoisotopic (exact) mass is 324 g/mol. The number of imidazole rings is 1. The van der Waals surface area contributed by atoms with Crippen LogP contribution in [0, 0.1) is 6.92 Å². The largest absolute Gasteiger partial charge is 0.372 e. The fraction of sp³-hybridized carbons (Fsp3) is 0.235. The predicted molar refractivity (Wildman–Crippen MR) is 89.1 cm³/mol. The van der Waals surface area contributed by atoms with Crippen molar-refractivity contribution in [2.24, 2.45) is 0 Å². The Balaban J connectivity index is 1.65. The van der Waals surface area contributed by atoms with Gasteiger partial charge in [0, 0.05) is 34.9 Å². The second kappa shape index (κ2) is 5.61. The summed E-state index contributed by atoms with van der Waals surface area (Å²) in [5, 5.41) is 3.38. The molecule has 122 valence electrons. The zero-order valence-electron chi connectivity index (χ0n) is 13.1. The maximum atomic E-state index is 12.5. The lowest BCUT2D eigenvalue weighted by Gasteiger charge is -2.16. The summed E-state index contributed by atoms with van der Waals surface area (Å²) < 4.78 is 7.18. The zero-order chi connectivity index (χ0) is 16.7. The van der Waals surface area contributed by atoms with Gasteiger partial charge >= 0.3 is 0 Å². The highest BCUT2D eigenvalue weighted by atomic mass is 16.5. The van der Waals surface area contributed by atoms with E-state index in [1.165, 1.54) is 0 Å². The third-order valence-electron chi connectivity index (χ3n) is 4.08. The number of fused-ring (bicyclic) bond motifs is 2. The molecule has 0 aliphatic carbocycles. The first-order valence-electron chi connectivity index (χ1n) is 7.69. The van der Waals surface area contributed by atoms with Gasteiger partial charge in [0.1, 0.15) is 18.1 Å². The van der Waals surface area contributed by atoms with Crippen LogP contribution in [-0.4, -0.2) is 27.0 Å². The minimum absolute atomic E-state index is 0.0729. The lowest BCUT2D eigenvalue weighted by atomic mass is 10.1. The Morgan fingerprint density at radius 1 is 1.38 bits per heavy atom. The maximum absolute atomic E-state index is 12.5. The molecule has 7 heteroatoms. The smallest absolute Gasteiger partial charge is 0.273 e. The van der Waals surface area contributed by atoms with Crippen molar-refractivity contribution in [1.29, 1.82) is 0 Å². The van der Waals surface area contributed by atoms with E-state index >= 15 is 0 Å². The molecule has 1 amide bonds. The van der Waals surface area contributed by atoms with Crippen LogP contribution in [-0.2, 0) is 17.9 Å². The number of pyridine rings is 1. The number of H-pyrrole nitrogens is 1. The number of nitrogens with one attached hydrogen (secondary N) is 2. The number of anilines is 1. The quantitative estimate of drug-likeness (QED) is 0.752. The van der Waals surface area contributed by atoms with Gasteiger partial charge in [-0.25, -0.2) is 4.98 Å². The van der Waals surface area contributed by atoms with E-state index in [4.69, 9.17) is 4.74 Å². The van der Waals surface area contributed by atoms with Gasteiger partial charge in [-0.15, -0.1) is 0 Å². The van der Waals surface area contributed by atoms with Crippen LogP contribution in [0.4, 0.5) is 5.69 Å². The lowest BCUT2D eigenvalue weighted by Crippen LogP contribution is -2.23. The van der Waals surface area contributed by atoms with Crippen molar-refractivity contribution in [2.45, 2.75) is 20.1 Å². The molecule has 4 rings (SSSR count). The van der Waals surface area contributed by atoms with Crippen LogP contribution in [0.15, 0.2) is 35.3 Å². The van der Waals surface area contributed by atoms with Gasteiger partial charge in [0.15, 0.2) is 5.43 Å². The fourth-order valence-electron chi connectivity index (χ4n) is 2.93. The van der Waals surface area contributed by atoms with Gasteiger partial charge in [-0.1, -0.05) is 0 Å². The minimum Gasteiger partial charge on any atom is -0.372 e. The summed E-state index contributed by atoms with van der Waals surface area (Å²) in [4.78, 5) is 32.0. The molecule has 0 bridgehead atoms. The Labute approximate surface area is 137 Å². The van der Waals surface area contributed by atoms with Gasteiger partial charge in [-0.3, -0.25) is 9.59 Å². The van der Waals surface area contributed by atoms with E-state index in [1.807, 2.05) is 11.5 Å². The molecule has 2 aromatic heterocycles. The van der Waals surface area contributed by atoms with Gasteiger partial charge in [-0.2, -0.15) is 0 Å². The van der Waals surface area contributed by atoms with Crippen LogP contribution >= 0.6 is 0 Å². The Morgan fingerprint density at radius 3 is 3.12 bits per heavy atom. The summed E-state index contributed by atoms with van der Waals surface area (Å²) in [6, 6.07) is 6.79. The number of benzene rings is 1. The summed E-state index contributed by atoms with van der Waals surface area (Å²) in [7, 11) is 0. The number of hydrogen-bond acceptors (Lipinski definition) is 4. The number of ether oxygens (including phenoxy) is 1. The van der Waals surface area contributed by atoms with Crippen LogP contribution < -0.4 is 10.7 Å². The van der Waals surface area contributed by atoms with Crippen molar-refractivity contribution in [3.8, 4) is 0 Å². The van der Waals surface area contributed by atoms with Crippen molar-refractivity contribution in [3.63, 3.8) is 0 Å². The van der Waals surface area contributed by atoms with Crippen molar-refractivity contribution in [3.05, 3.63) is 57.9 Å². The first-order chi connectivity index (χ1) is 11.6. The number of nitrogens with zero attached hydrogens (tertiary/aromatic N) is 2. The normalized spacial score (nSPS) is 13.7. The first kappa shape index (κ1) is 14.6. The molecule has 1 aromatic carbocycles. The Bertz CT molecular complexity index is 1000. The van der Waals surface area contributed by atoms with Crippen molar-refractivity contribution >= 4 is 22.5 Å². The van der Waals surface area contributed by atoms with E-state index in [2.05, 4.69) is 15.3 Å². The van der Waals surface area contributed by atoms with Crippen molar-refractivity contribution < 1.29 is 9.53 Å². The van der Waals surface area contributed by atoms with Crippen LogP contribution in [0.2, 0.25) is 0 Å². The van der Waals surface area contributed by atoms with E-state index in [-0.39, 0.29) is 11.3 Å². The third kappa shape index (κ3) is 2.48. The van der Waals surface area contributed by atoms with Crippen LogP contribution in [0.3, 0.4) is 0 Å². The van der Waals surface area contributed by atoms with Crippen molar-refractivity contribution in [1.82, 2.24) is 14.5 Å². The topological polar surface area (TPSA) is 89.0 Å². The van der Waals surface area contributed by atoms with Crippen molar-refractivity contribution in [2.75, 3.05) is 11.9 Å². The van der Waals surface area contributed by atoms with Gasteiger partial charge in [0.2, 0.25) is 0 Å². The molecule has 24 heavy (non-hydrogen) atoms. The van der Waals surface area contributed by atoms with E-state index in [1.54, 1.807) is 30.5 Å². The molecule has 0 saturated heterocycles. The number of hydrogen-bond donors (Lipinski definition) is 2. The molecule has 3 heterocycles. The number of amides is 1. The molecule has 0 saturated carbocycles. The zero-order valence-corrected chi connectivity index (χ0v) is 13.1. The highest BCUT2D eigenvalue weighted by molar-refractivity contribution is 6.04. The second-order valence-electron chi connectivity index (χ2n) is 5.79. The minimum atomic E-state index is -0.251. The molecule has 0 radical (unpaired) electrons. The summed E-state index contributed by atoms with van der Waals surface area (Å²) >= 11 is 0. The molecule has 0 atom stereocenters. The molecule has 1 aliphatic heterocycles. The Kier molecular flexibility index (Phi) is 3.42. The number of carbonyl (C=O) groups is 1. The highest BCUT2D eigenvalue weighted by Crippen LogP contribution is 2.17. The van der Waals surface area contributed by atoms with E-state index in [9.17, 15) is 9.59 Å². The van der Waals surface area contributed by atoms with Crippen LogP contribution in [0.5, 0.6) is 0 Å². The Hall–Kier alpha value is -2.93. The molecule has 3 aromatic rings. The molecule has 0 unspecified atom stereocenters. The van der Waals surface area contributed by atoms with E-state index in [0.29, 0.717) is 36.5 Å². The molecular formula is C17H16N4O3. The summed E-state index contributed by atoms with van der Waals surface area (Å²) in [6.07, 6.45) is 1.55. The SMILES string of the molecule is Cc1cc(=O)c2cc(NC(=O)c3cnc4n3CCOC4)ccc2[nH]1. The molecular weight excluding hydrogens is 308 g/mol. The molecule has 7 nitrogen and oxygen atoms in total. The standard InChI is InChI=1S/C17H16N4O3/c1-10-6-15(22)12-7-11(2-3-13(12)19-10)20-17(23)14-8-18-16-9-24-5-4-21(14)16/h2-3,6-8H,4-5,9H2,1H3,(H,19,22)(H,20,23). The Morgan fingerprint density at radius 2 is 2.25 bits per heavy atom. The summed E-state index contributed by atoms with van der Waals surface area (Å²) in [5.74, 6) is 0.496. The van der Waals surface area contributed by atoms with Crippen LogP contribution in [0.1, 0.15) is 22.0 Å². The maximum Gasteiger partial charge on any atom is 0.273 e. The summed E-state index contributed by atoms with van der Waals surface area (Å²) in [5.41, 5.74) is 2.54. The lowest BCUT2D eigenvalue weighted by molar-refractivity contribution is 0.0791. The molecule has 0 fully saturated rings. The fourth-order valence-corrected chi connectivity index (χ4v) is 2.93. The average molecular weight is 324 g/mol. The molecule has 0 spiro atoms. The van der Waals surface area contributed by atoms with Gasteiger partial charge in [0.05, 0.1) is 12.8 Å². The van der Waals surface area contributed by atoms with Crippen LogP contribution in [0.25, 0.3) is 10.9 Å². The number of aryl methyl sites for hydroxylation is 1. The number of aromatic nitrogens is 3. The van der Waals surface area contributed by atoms with Gasteiger partial charge in [0.25, 0.3) is 5.91 Å². The van der Waals surface area contributed by atoms with E-state index < -0.39 is 0 Å². The number of carbonyl (C=O) groups excluding carboxylic acids is 1. The first-order valence-corrected chi connectivity index (χ1v) is 7.69. The van der Waals surface area contributed by atoms with Gasteiger partial charge in [-0.05, 0) is 25.1 Å². The average Bonchev–Trinajstić information content (AvgIpc) is 2.99. The van der Waals surface area contributed by atoms with Gasteiger partial charge < -0.3 is 19.6 Å². The molecule has 1 aliphatic rings.